The third-order valence-corrected chi connectivity index (χ3v) is 4.20. The van der Waals surface area contributed by atoms with E-state index in [2.05, 4.69) is 5.10 Å². The summed E-state index contributed by atoms with van der Waals surface area (Å²) in [6.45, 7) is 3.10. The average Bonchev–Trinajstić information content (AvgIpc) is 3.07. The Hall–Kier alpha value is -2.35. The fourth-order valence-corrected chi connectivity index (χ4v) is 2.97. The van der Waals surface area contributed by atoms with E-state index in [1.165, 1.54) is 10.9 Å². The number of halogens is 1. The van der Waals surface area contributed by atoms with Crippen LogP contribution >= 0.6 is 11.6 Å². The van der Waals surface area contributed by atoms with E-state index in [0.29, 0.717) is 18.2 Å². The zero-order chi connectivity index (χ0) is 15.9. The van der Waals surface area contributed by atoms with E-state index in [9.17, 15) is 14.9 Å². The first-order valence-electron chi connectivity index (χ1n) is 6.78. The Bertz CT molecular complexity index is 738. The van der Waals surface area contributed by atoms with Crippen molar-refractivity contribution in [1.82, 2.24) is 19.2 Å². The van der Waals surface area contributed by atoms with Gasteiger partial charge in [-0.15, -0.1) is 0 Å². The van der Waals surface area contributed by atoms with Crippen molar-refractivity contribution in [1.29, 1.82) is 0 Å². The van der Waals surface area contributed by atoms with Gasteiger partial charge in [0, 0.05) is 18.8 Å². The summed E-state index contributed by atoms with van der Waals surface area (Å²) in [5.41, 5.74) is 0.858. The van der Waals surface area contributed by atoms with Crippen LogP contribution in [0.1, 0.15) is 18.7 Å². The first-order valence-corrected chi connectivity index (χ1v) is 7.16. The molecule has 1 atom stereocenters. The highest BCUT2D eigenvalue weighted by molar-refractivity contribution is 6.29. The van der Waals surface area contributed by atoms with Crippen LogP contribution in [0.15, 0.2) is 24.5 Å². The number of carbonyl (C=O) groups is 1. The maximum absolute atomic E-state index is 12.4. The fraction of sp³-hybridized carbons (Fsp3) is 0.385. The molecule has 2 aromatic heterocycles. The lowest BCUT2D eigenvalue weighted by atomic mass is 10.1. The van der Waals surface area contributed by atoms with Gasteiger partial charge in [0.05, 0.1) is 11.0 Å². The van der Waals surface area contributed by atoms with E-state index < -0.39 is 4.92 Å². The molecule has 0 N–H and O–H groups in total. The highest BCUT2D eigenvalue weighted by Crippen LogP contribution is 2.29. The van der Waals surface area contributed by atoms with Crippen molar-refractivity contribution in [2.24, 2.45) is 0 Å². The average molecular weight is 324 g/mol. The van der Waals surface area contributed by atoms with Crippen molar-refractivity contribution in [2.75, 3.05) is 6.54 Å². The molecule has 3 heterocycles. The summed E-state index contributed by atoms with van der Waals surface area (Å²) in [6.07, 6.45) is 2.39. The van der Waals surface area contributed by atoms with Crippen molar-refractivity contribution in [2.45, 2.75) is 26.1 Å². The summed E-state index contributed by atoms with van der Waals surface area (Å²) >= 11 is 6.09. The van der Waals surface area contributed by atoms with Crippen LogP contribution in [0.4, 0.5) is 5.69 Å². The molecule has 22 heavy (non-hydrogen) atoms. The molecule has 1 aliphatic rings. The fourth-order valence-electron chi connectivity index (χ4n) is 2.72. The molecule has 0 radical (unpaired) electrons. The first-order chi connectivity index (χ1) is 10.5. The normalized spacial score (nSPS) is 17.4. The molecule has 8 nitrogen and oxygen atoms in total. The summed E-state index contributed by atoms with van der Waals surface area (Å²) in [5.74, 6) is -0.130. The summed E-state index contributed by atoms with van der Waals surface area (Å²) in [7, 11) is 0. The maximum atomic E-state index is 12.4. The van der Waals surface area contributed by atoms with Gasteiger partial charge in [-0.3, -0.25) is 19.6 Å². The monoisotopic (exact) mass is 323 g/mol. The van der Waals surface area contributed by atoms with Gasteiger partial charge in [0.25, 0.3) is 0 Å². The van der Waals surface area contributed by atoms with Crippen molar-refractivity contribution < 1.29 is 9.72 Å². The van der Waals surface area contributed by atoms with E-state index in [1.54, 1.807) is 4.90 Å². The quantitative estimate of drug-likeness (QED) is 0.637. The number of carbonyl (C=O) groups excluding carboxylic acids is 1. The molecule has 0 aliphatic carbocycles. The Morgan fingerprint density at radius 2 is 2.27 bits per heavy atom. The van der Waals surface area contributed by atoms with E-state index >= 15 is 0 Å². The van der Waals surface area contributed by atoms with Gasteiger partial charge >= 0.3 is 5.69 Å². The van der Waals surface area contributed by atoms with Crippen LogP contribution in [-0.2, 0) is 17.9 Å². The summed E-state index contributed by atoms with van der Waals surface area (Å²) in [4.78, 5) is 24.3. The van der Waals surface area contributed by atoms with Gasteiger partial charge in [0.2, 0.25) is 5.91 Å². The lowest BCUT2D eigenvalue weighted by Gasteiger charge is -2.35. The van der Waals surface area contributed by atoms with E-state index in [1.807, 2.05) is 23.6 Å². The molecule has 0 bridgehead atoms. The van der Waals surface area contributed by atoms with Crippen LogP contribution in [0.25, 0.3) is 0 Å². The molecule has 9 heteroatoms. The van der Waals surface area contributed by atoms with Gasteiger partial charge in [0.15, 0.2) is 0 Å². The smallest absolute Gasteiger partial charge is 0.307 e. The molecular formula is C13H14ClN5O3. The minimum atomic E-state index is -0.535. The predicted molar refractivity (Wildman–Crippen MR) is 78.5 cm³/mol. The SMILES string of the molecule is CC1c2ccc(Cl)n2CCN1C(=O)Cn1cc([N+](=O)[O-])cn1. The number of fused-ring (bicyclic) bond motifs is 1. The van der Waals surface area contributed by atoms with Gasteiger partial charge in [-0.1, -0.05) is 11.6 Å². The van der Waals surface area contributed by atoms with Gasteiger partial charge in [-0.05, 0) is 19.1 Å². The van der Waals surface area contributed by atoms with E-state index in [0.717, 1.165) is 11.9 Å². The predicted octanol–water partition coefficient (Wildman–Crippen LogP) is 1.85. The van der Waals surface area contributed by atoms with E-state index in [4.69, 9.17) is 11.6 Å². The molecule has 1 unspecified atom stereocenters. The van der Waals surface area contributed by atoms with Crippen LogP contribution in [0.5, 0.6) is 0 Å². The Kier molecular flexibility index (Phi) is 3.61. The number of hydrogen-bond acceptors (Lipinski definition) is 4. The maximum Gasteiger partial charge on any atom is 0.307 e. The lowest BCUT2D eigenvalue weighted by molar-refractivity contribution is -0.385. The third-order valence-electron chi connectivity index (χ3n) is 3.87. The molecule has 1 aliphatic heterocycles. The zero-order valence-corrected chi connectivity index (χ0v) is 12.6. The van der Waals surface area contributed by atoms with Gasteiger partial charge in [-0.2, -0.15) is 5.10 Å². The second kappa shape index (κ2) is 5.45. The molecule has 3 rings (SSSR count). The Balaban J connectivity index is 1.74. The molecule has 1 amide bonds. The topological polar surface area (TPSA) is 86.2 Å². The van der Waals surface area contributed by atoms with Crippen LogP contribution in [0, 0.1) is 10.1 Å². The molecule has 116 valence electrons. The van der Waals surface area contributed by atoms with Gasteiger partial charge in [-0.25, -0.2) is 0 Å². The van der Waals surface area contributed by atoms with Gasteiger partial charge < -0.3 is 9.47 Å². The highest BCUT2D eigenvalue weighted by Gasteiger charge is 2.29. The lowest BCUT2D eigenvalue weighted by Crippen LogP contribution is -2.42. The number of aromatic nitrogens is 3. The number of hydrogen-bond donors (Lipinski definition) is 0. The van der Waals surface area contributed by atoms with Crippen molar-refractivity contribution in [3.63, 3.8) is 0 Å². The third kappa shape index (κ3) is 2.45. The van der Waals surface area contributed by atoms with Crippen LogP contribution in [0.3, 0.4) is 0 Å². The number of rotatable bonds is 3. The molecule has 0 aromatic carbocycles. The molecule has 0 saturated heterocycles. The molecule has 2 aromatic rings. The molecule has 0 saturated carbocycles. The Labute approximate surface area is 131 Å². The summed E-state index contributed by atoms with van der Waals surface area (Å²) in [6, 6.07) is 3.63. The second-order valence-corrected chi connectivity index (χ2v) is 5.54. The van der Waals surface area contributed by atoms with Crippen molar-refractivity contribution in [3.05, 3.63) is 45.5 Å². The highest BCUT2D eigenvalue weighted by atomic mass is 35.5. The Morgan fingerprint density at radius 1 is 1.50 bits per heavy atom. The number of nitrogens with zero attached hydrogens (tertiary/aromatic N) is 5. The first kappa shape index (κ1) is 14.6. The van der Waals surface area contributed by atoms with E-state index in [-0.39, 0.29) is 24.2 Å². The van der Waals surface area contributed by atoms with Crippen molar-refractivity contribution >= 4 is 23.2 Å². The minimum absolute atomic E-state index is 0.0212. The molecular weight excluding hydrogens is 310 g/mol. The summed E-state index contributed by atoms with van der Waals surface area (Å²) < 4.78 is 3.27. The number of nitro groups is 1. The molecule has 0 spiro atoms. The van der Waals surface area contributed by atoms with Gasteiger partial charge in [0.1, 0.15) is 24.1 Å². The van der Waals surface area contributed by atoms with Crippen LogP contribution < -0.4 is 0 Å². The van der Waals surface area contributed by atoms with Crippen LogP contribution in [0.2, 0.25) is 5.15 Å². The van der Waals surface area contributed by atoms with Crippen molar-refractivity contribution in [3.8, 4) is 0 Å². The zero-order valence-electron chi connectivity index (χ0n) is 11.8. The van der Waals surface area contributed by atoms with Crippen LogP contribution in [-0.4, -0.2) is 36.6 Å². The molecule has 0 fully saturated rings. The largest absolute Gasteiger partial charge is 0.332 e. The Morgan fingerprint density at radius 3 is 2.95 bits per heavy atom. The standard InChI is InChI=1S/C13H14ClN5O3/c1-9-11-2-3-12(14)18(11)5-4-17(9)13(20)8-16-7-10(6-15-16)19(21)22/h2-3,6-7,9H,4-5,8H2,1H3. The minimum Gasteiger partial charge on any atom is -0.332 e. The number of amides is 1. The second-order valence-electron chi connectivity index (χ2n) is 5.15. The summed E-state index contributed by atoms with van der Waals surface area (Å²) in [5, 5.41) is 15.1.